The maximum atomic E-state index is 11.1. The van der Waals surface area contributed by atoms with E-state index in [1.165, 1.54) is 0 Å². The minimum Gasteiger partial charge on any atom is -0.379 e. The fourth-order valence-electron chi connectivity index (χ4n) is 1.64. The van der Waals surface area contributed by atoms with Gasteiger partial charge >= 0.3 is 0 Å². The zero-order valence-electron chi connectivity index (χ0n) is 10.6. The first-order chi connectivity index (χ1) is 8.33. The summed E-state index contributed by atoms with van der Waals surface area (Å²) >= 11 is 0. The van der Waals surface area contributed by atoms with Gasteiger partial charge in [-0.25, -0.2) is 0 Å². The molecule has 1 fully saturated rings. The molecule has 1 aliphatic heterocycles. The van der Waals surface area contributed by atoms with E-state index in [2.05, 4.69) is 5.32 Å². The number of carbonyl (C=O) groups excluding carboxylic acids is 1. The molecular formula is C12H23NO4. The van der Waals surface area contributed by atoms with Gasteiger partial charge in [-0.15, -0.1) is 0 Å². The Morgan fingerprint density at radius 2 is 2.35 bits per heavy atom. The Hall–Kier alpha value is -0.650. The fourth-order valence-corrected chi connectivity index (χ4v) is 1.64. The highest BCUT2D eigenvalue weighted by molar-refractivity contribution is 5.77. The van der Waals surface area contributed by atoms with Crippen LogP contribution >= 0.6 is 0 Å². The van der Waals surface area contributed by atoms with Crippen LogP contribution in [0.3, 0.4) is 0 Å². The Morgan fingerprint density at radius 1 is 1.47 bits per heavy atom. The summed E-state index contributed by atoms with van der Waals surface area (Å²) in [6, 6.07) is 0. The molecule has 5 nitrogen and oxygen atoms in total. The van der Waals surface area contributed by atoms with Crippen LogP contribution in [0.4, 0.5) is 0 Å². The molecular weight excluding hydrogens is 222 g/mol. The van der Waals surface area contributed by atoms with Crippen molar-refractivity contribution in [2.75, 3.05) is 39.6 Å². The topological polar surface area (TPSA) is 56.8 Å². The van der Waals surface area contributed by atoms with E-state index in [9.17, 15) is 4.79 Å². The van der Waals surface area contributed by atoms with Gasteiger partial charge in [-0.2, -0.15) is 0 Å². The van der Waals surface area contributed by atoms with E-state index >= 15 is 0 Å². The number of nitrogens with one attached hydrogen (secondary N) is 1. The summed E-state index contributed by atoms with van der Waals surface area (Å²) in [5.41, 5.74) is 0. The van der Waals surface area contributed by atoms with Gasteiger partial charge in [0.15, 0.2) is 0 Å². The number of carbonyl (C=O) groups is 1. The molecule has 0 bridgehead atoms. The summed E-state index contributed by atoms with van der Waals surface area (Å²) in [4.78, 5) is 11.1. The Bertz CT molecular complexity index is 205. The van der Waals surface area contributed by atoms with E-state index in [0.29, 0.717) is 26.4 Å². The van der Waals surface area contributed by atoms with Crippen molar-refractivity contribution in [2.24, 2.45) is 0 Å². The standard InChI is InChI=1S/C12H23NO4/c1-2-15-10-12(14)13-6-4-7-16-9-11-5-3-8-17-11/h11H,2-10H2,1H3,(H,13,14). The molecule has 1 N–H and O–H groups in total. The molecule has 1 aliphatic rings. The first-order valence-corrected chi connectivity index (χ1v) is 6.36. The Morgan fingerprint density at radius 3 is 3.06 bits per heavy atom. The van der Waals surface area contributed by atoms with Crippen LogP contribution in [-0.2, 0) is 19.0 Å². The second-order valence-corrected chi connectivity index (χ2v) is 4.05. The third-order valence-corrected chi connectivity index (χ3v) is 2.55. The lowest BCUT2D eigenvalue weighted by Crippen LogP contribution is -2.29. The molecule has 0 radical (unpaired) electrons. The van der Waals surface area contributed by atoms with Crippen molar-refractivity contribution in [2.45, 2.75) is 32.3 Å². The normalized spacial score (nSPS) is 19.5. The van der Waals surface area contributed by atoms with Gasteiger partial charge in [0.25, 0.3) is 0 Å². The van der Waals surface area contributed by atoms with Crippen LogP contribution in [0.25, 0.3) is 0 Å². The molecule has 1 saturated heterocycles. The molecule has 1 rings (SSSR count). The van der Waals surface area contributed by atoms with Crippen molar-refractivity contribution >= 4 is 5.91 Å². The highest BCUT2D eigenvalue weighted by atomic mass is 16.5. The molecule has 100 valence electrons. The average molecular weight is 245 g/mol. The summed E-state index contributed by atoms with van der Waals surface area (Å²) in [7, 11) is 0. The predicted molar refractivity (Wildman–Crippen MR) is 63.9 cm³/mol. The monoisotopic (exact) mass is 245 g/mol. The summed E-state index contributed by atoms with van der Waals surface area (Å²) < 4.78 is 15.9. The van der Waals surface area contributed by atoms with Crippen molar-refractivity contribution in [3.63, 3.8) is 0 Å². The molecule has 1 unspecified atom stereocenters. The molecule has 5 heteroatoms. The minimum atomic E-state index is -0.0639. The summed E-state index contributed by atoms with van der Waals surface area (Å²) in [5.74, 6) is -0.0639. The van der Waals surface area contributed by atoms with Crippen LogP contribution in [0.2, 0.25) is 0 Å². The Balaban J connectivity index is 1.82. The van der Waals surface area contributed by atoms with E-state index in [-0.39, 0.29) is 18.6 Å². The van der Waals surface area contributed by atoms with Crippen molar-refractivity contribution in [1.82, 2.24) is 5.32 Å². The third-order valence-electron chi connectivity index (χ3n) is 2.55. The highest BCUT2D eigenvalue weighted by Gasteiger charge is 2.14. The van der Waals surface area contributed by atoms with Gasteiger partial charge in [0.05, 0.1) is 12.7 Å². The van der Waals surface area contributed by atoms with Crippen LogP contribution in [0.5, 0.6) is 0 Å². The zero-order valence-corrected chi connectivity index (χ0v) is 10.6. The third kappa shape index (κ3) is 7.31. The second kappa shape index (κ2) is 9.39. The smallest absolute Gasteiger partial charge is 0.245 e. The van der Waals surface area contributed by atoms with Crippen molar-refractivity contribution in [3.05, 3.63) is 0 Å². The first-order valence-electron chi connectivity index (χ1n) is 6.36. The zero-order chi connectivity index (χ0) is 12.3. The fraction of sp³-hybridized carbons (Fsp3) is 0.917. The highest BCUT2D eigenvalue weighted by Crippen LogP contribution is 2.11. The molecule has 0 spiro atoms. The lowest BCUT2D eigenvalue weighted by molar-refractivity contribution is -0.125. The van der Waals surface area contributed by atoms with Gasteiger partial charge in [-0.05, 0) is 26.2 Å². The largest absolute Gasteiger partial charge is 0.379 e. The van der Waals surface area contributed by atoms with Gasteiger partial charge in [0, 0.05) is 26.4 Å². The molecule has 1 amide bonds. The Labute approximate surface area is 103 Å². The molecule has 0 aliphatic carbocycles. The molecule has 1 heterocycles. The van der Waals surface area contributed by atoms with E-state index in [4.69, 9.17) is 14.2 Å². The van der Waals surface area contributed by atoms with Crippen LogP contribution in [0, 0.1) is 0 Å². The molecule has 1 atom stereocenters. The van der Waals surface area contributed by atoms with E-state index in [0.717, 1.165) is 25.9 Å². The minimum absolute atomic E-state index is 0.0639. The van der Waals surface area contributed by atoms with Gasteiger partial charge in [0.1, 0.15) is 6.61 Å². The van der Waals surface area contributed by atoms with Crippen molar-refractivity contribution in [3.8, 4) is 0 Å². The summed E-state index contributed by atoms with van der Waals surface area (Å²) in [5, 5.41) is 2.77. The van der Waals surface area contributed by atoms with Crippen LogP contribution < -0.4 is 5.32 Å². The molecule has 0 aromatic carbocycles. The van der Waals surface area contributed by atoms with E-state index < -0.39 is 0 Å². The predicted octanol–water partition coefficient (Wildman–Crippen LogP) is 0.725. The van der Waals surface area contributed by atoms with Gasteiger partial charge < -0.3 is 19.5 Å². The SMILES string of the molecule is CCOCC(=O)NCCCOCC1CCCO1. The molecule has 0 aromatic heterocycles. The van der Waals surface area contributed by atoms with Gasteiger partial charge in [-0.3, -0.25) is 4.79 Å². The van der Waals surface area contributed by atoms with Gasteiger partial charge in [0.2, 0.25) is 5.91 Å². The quantitative estimate of drug-likeness (QED) is 0.608. The number of amides is 1. The lowest BCUT2D eigenvalue weighted by atomic mass is 10.2. The summed E-state index contributed by atoms with van der Waals surface area (Å²) in [6.07, 6.45) is 3.35. The number of ether oxygens (including phenoxy) is 3. The first kappa shape index (κ1) is 14.4. The van der Waals surface area contributed by atoms with Gasteiger partial charge in [-0.1, -0.05) is 0 Å². The lowest BCUT2D eigenvalue weighted by Gasteiger charge is -2.10. The number of rotatable bonds is 9. The molecule has 17 heavy (non-hydrogen) atoms. The molecule has 0 aromatic rings. The van der Waals surface area contributed by atoms with Crippen LogP contribution in [0.15, 0.2) is 0 Å². The van der Waals surface area contributed by atoms with E-state index in [1.54, 1.807) is 0 Å². The number of hydrogen-bond donors (Lipinski definition) is 1. The van der Waals surface area contributed by atoms with E-state index in [1.807, 2.05) is 6.92 Å². The summed E-state index contributed by atoms with van der Waals surface area (Å²) in [6.45, 7) is 5.41. The Kier molecular flexibility index (Phi) is 7.96. The van der Waals surface area contributed by atoms with Crippen molar-refractivity contribution < 1.29 is 19.0 Å². The number of hydrogen-bond acceptors (Lipinski definition) is 4. The van der Waals surface area contributed by atoms with Crippen LogP contribution in [-0.4, -0.2) is 51.6 Å². The maximum absolute atomic E-state index is 11.1. The average Bonchev–Trinajstić information content (AvgIpc) is 2.84. The second-order valence-electron chi connectivity index (χ2n) is 4.05. The van der Waals surface area contributed by atoms with Crippen molar-refractivity contribution in [1.29, 1.82) is 0 Å². The molecule has 0 saturated carbocycles. The maximum Gasteiger partial charge on any atom is 0.245 e. The van der Waals surface area contributed by atoms with Crippen LogP contribution in [0.1, 0.15) is 26.2 Å².